The Morgan fingerprint density at radius 2 is 1.74 bits per heavy atom. The molecule has 2 aromatic carbocycles. The molecule has 5 aromatic rings. The number of likely N-dealkylation sites (N-methyl/N-ethyl adjacent to an activating group) is 1. The largest absolute Gasteiger partial charge is 0.438 e. The summed E-state index contributed by atoms with van der Waals surface area (Å²) in [6, 6.07) is 15.4. The molecule has 0 aliphatic carbocycles. The second-order valence-electron chi connectivity index (χ2n) is 10.9. The number of rotatable bonds is 7. The molecule has 0 radical (unpaired) electrons. The molecule has 0 unspecified atom stereocenters. The van der Waals surface area contributed by atoms with Crippen LogP contribution in [0.1, 0.15) is 27.0 Å². The zero-order valence-electron chi connectivity index (χ0n) is 24.3. The molecule has 1 N–H and O–H groups in total. The van der Waals surface area contributed by atoms with Crippen LogP contribution in [0.25, 0.3) is 22.4 Å². The summed E-state index contributed by atoms with van der Waals surface area (Å²) < 4.78 is 7.96. The minimum atomic E-state index is -0.194. The lowest BCUT2D eigenvalue weighted by atomic mass is 10.1. The monoisotopic (exact) mass is 562 g/mol. The number of anilines is 1. The van der Waals surface area contributed by atoms with Gasteiger partial charge in [0, 0.05) is 75.2 Å². The Labute approximate surface area is 245 Å². The van der Waals surface area contributed by atoms with Crippen LogP contribution in [-0.2, 0) is 13.6 Å². The molecule has 1 aliphatic rings. The van der Waals surface area contributed by atoms with E-state index in [0.717, 1.165) is 55.1 Å². The summed E-state index contributed by atoms with van der Waals surface area (Å²) >= 11 is 0. The Morgan fingerprint density at radius 1 is 0.952 bits per heavy atom. The number of amides is 1. The van der Waals surface area contributed by atoms with Crippen molar-refractivity contribution in [2.24, 2.45) is 7.05 Å². The van der Waals surface area contributed by atoms with E-state index in [-0.39, 0.29) is 5.91 Å². The Hall–Kier alpha value is -4.67. The molecule has 1 fully saturated rings. The highest BCUT2D eigenvalue weighted by molar-refractivity contribution is 6.05. The normalized spacial score (nSPS) is 14.3. The predicted octanol–water partition coefficient (Wildman–Crippen LogP) is 4.83. The van der Waals surface area contributed by atoms with Crippen molar-refractivity contribution in [2.45, 2.75) is 20.4 Å². The van der Waals surface area contributed by atoms with Crippen LogP contribution in [0.15, 0.2) is 67.1 Å². The van der Waals surface area contributed by atoms with E-state index in [1.54, 1.807) is 23.1 Å². The van der Waals surface area contributed by atoms with Crippen LogP contribution in [-0.4, -0.2) is 73.7 Å². The van der Waals surface area contributed by atoms with E-state index in [4.69, 9.17) is 9.72 Å². The number of hydrogen-bond donors (Lipinski definition) is 1. The Kier molecular flexibility index (Phi) is 7.64. The van der Waals surface area contributed by atoms with E-state index >= 15 is 0 Å². The number of carbonyl (C=O) groups is 1. The average Bonchev–Trinajstić information content (AvgIpc) is 3.36. The first kappa shape index (κ1) is 27.5. The molecular weight excluding hydrogens is 528 g/mol. The van der Waals surface area contributed by atoms with Crippen LogP contribution in [0.2, 0.25) is 0 Å². The Balaban J connectivity index is 1.24. The van der Waals surface area contributed by atoms with Gasteiger partial charge in [0.05, 0.1) is 0 Å². The van der Waals surface area contributed by atoms with Crippen molar-refractivity contribution in [3.8, 4) is 23.0 Å². The van der Waals surface area contributed by atoms with E-state index in [1.807, 2.05) is 50.5 Å². The van der Waals surface area contributed by atoms with Crippen molar-refractivity contribution >= 4 is 22.6 Å². The van der Waals surface area contributed by atoms with Gasteiger partial charge in [-0.2, -0.15) is 10.1 Å². The quantitative estimate of drug-likeness (QED) is 0.301. The summed E-state index contributed by atoms with van der Waals surface area (Å²) in [6.45, 7) is 9.06. The van der Waals surface area contributed by atoms with Gasteiger partial charge in [0.1, 0.15) is 11.1 Å². The van der Waals surface area contributed by atoms with Crippen molar-refractivity contribution in [1.82, 2.24) is 34.5 Å². The SMILES string of the molecule is Cc1cc(CN2CCN(C)CC2)cc(NC(=O)c2cc(Oc3nc(-c4ccncc4)nc4nn(C)cc34)ccc2C)c1. The molecule has 4 heterocycles. The lowest BCUT2D eigenvalue weighted by Gasteiger charge is -2.32. The molecule has 10 heteroatoms. The molecule has 10 nitrogen and oxygen atoms in total. The summed E-state index contributed by atoms with van der Waals surface area (Å²) in [6.07, 6.45) is 5.20. The minimum absolute atomic E-state index is 0.194. The number of pyridine rings is 1. The molecule has 0 spiro atoms. The third kappa shape index (κ3) is 6.14. The topological polar surface area (TPSA) is 101 Å². The first-order valence-electron chi connectivity index (χ1n) is 14.0. The number of aryl methyl sites for hydroxylation is 3. The van der Waals surface area contributed by atoms with E-state index < -0.39 is 0 Å². The Morgan fingerprint density at radius 3 is 2.52 bits per heavy atom. The number of hydrogen-bond acceptors (Lipinski definition) is 8. The summed E-state index contributed by atoms with van der Waals surface area (Å²) in [5, 5.41) is 8.25. The fourth-order valence-electron chi connectivity index (χ4n) is 5.21. The van der Waals surface area contributed by atoms with Crippen molar-refractivity contribution in [1.29, 1.82) is 0 Å². The highest BCUT2D eigenvalue weighted by Gasteiger charge is 2.18. The maximum atomic E-state index is 13.5. The number of benzene rings is 2. The lowest BCUT2D eigenvalue weighted by molar-refractivity contribution is 0.102. The third-order valence-corrected chi connectivity index (χ3v) is 7.46. The van der Waals surface area contributed by atoms with Crippen LogP contribution < -0.4 is 10.1 Å². The molecule has 6 rings (SSSR count). The fraction of sp³-hybridized carbons (Fsp3) is 0.281. The van der Waals surface area contributed by atoms with Crippen LogP contribution in [0.3, 0.4) is 0 Å². The van der Waals surface area contributed by atoms with Crippen LogP contribution >= 0.6 is 0 Å². The molecular formula is C32H34N8O2. The number of aromatic nitrogens is 5. The van der Waals surface area contributed by atoms with Crippen LogP contribution in [0, 0.1) is 13.8 Å². The first-order valence-corrected chi connectivity index (χ1v) is 14.0. The van der Waals surface area contributed by atoms with Gasteiger partial charge in [-0.15, -0.1) is 0 Å². The molecule has 0 atom stereocenters. The average molecular weight is 563 g/mol. The van der Waals surface area contributed by atoms with Crippen molar-refractivity contribution in [3.63, 3.8) is 0 Å². The summed E-state index contributed by atoms with van der Waals surface area (Å²) in [5.74, 6) is 1.15. The van der Waals surface area contributed by atoms with Gasteiger partial charge >= 0.3 is 0 Å². The number of nitrogens with zero attached hydrogens (tertiary/aromatic N) is 7. The zero-order chi connectivity index (χ0) is 29.2. The summed E-state index contributed by atoms with van der Waals surface area (Å²) in [5.41, 5.74) is 5.78. The van der Waals surface area contributed by atoms with E-state index in [0.29, 0.717) is 34.1 Å². The van der Waals surface area contributed by atoms with Crippen LogP contribution in [0.4, 0.5) is 5.69 Å². The van der Waals surface area contributed by atoms with Gasteiger partial charge in [-0.05, 0) is 74.0 Å². The number of ether oxygens (including phenoxy) is 1. The number of fused-ring (bicyclic) bond motifs is 1. The molecule has 0 saturated carbocycles. The molecule has 0 bridgehead atoms. The summed E-state index contributed by atoms with van der Waals surface area (Å²) in [7, 11) is 3.99. The second-order valence-corrected chi connectivity index (χ2v) is 10.9. The zero-order valence-corrected chi connectivity index (χ0v) is 24.3. The number of carbonyl (C=O) groups excluding carboxylic acids is 1. The molecule has 3 aromatic heterocycles. The first-order chi connectivity index (χ1) is 20.3. The molecule has 1 saturated heterocycles. The summed E-state index contributed by atoms with van der Waals surface area (Å²) in [4.78, 5) is 31.7. The van der Waals surface area contributed by atoms with Crippen molar-refractivity contribution < 1.29 is 9.53 Å². The van der Waals surface area contributed by atoms with E-state index in [9.17, 15) is 4.79 Å². The molecule has 214 valence electrons. The Bertz CT molecular complexity index is 1740. The molecule has 1 aliphatic heterocycles. The van der Waals surface area contributed by atoms with Gasteiger partial charge in [-0.3, -0.25) is 19.4 Å². The fourth-order valence-corrected chi connectivity index (χ4v) is 5.21. The van der Waals surface area contributed by atoms with E-state index in [2.05, 4.69) is 56.3 Å². The molecule has 42 heavy (non-hydrogen) atoms. The predicted molar refractivity (Wildman–Crippen MR) is 163 cm³/mol. The maximum Gasteiger partial charge on any atom is 0.256 e. The van der Waals surface area contributed by atoms with Crippen molar-refractivity contribution in [3.05, 3.63) is 89.4 Å². The smallest absolute Gasteiger partial charge is 0.256 e. The minimum Gasteiger partial charge on any atom is -0.438 e. The van der Waals surface area contributed by atoms with Crippen LogP contribution in [0.5, 0.6) is 11.6 Å². The van der Waals surface area contributed by atoms with Gasteiger partial charge in [-0.1, -0.05) is 12.1 Å². The maximum absolute atomic E-state index is 13.5. The molecule has 1 amide bonds. The number of nitrogens with one attached hydrogen (secondary N) is 1. The van der Waals surface area contributed by atoms with Gasteiger partial charge in [0.25, 0.3) is 5.91 Å². The van der Waals surface area contributed by atoms with E-state index in [1.165, 1.54) is 5.56 Å². The lowest BCUT2D eigenvalue weighted by Crippen LogP contribution is -2.43. The van der Waals surface area contributed by atoms with Gasteiger partial charge in [-0.25, -0.2) is 4.98 Å². The highest BCUT2D eigenvalue weighted by atomic mass is 16.5. The standard InChI is InChI=1S/C32H34N8O2/c1-21-15-23(19-40-13-11-38(3)12-14-40)17-25(16-21)34-31(41)27-18-26(6-5-22(27)2)42-32-28-20-39(4)37-30(28)35-29(36-32)24-7-9-33-10-8-24/h5-10,15-18,20H,11-14,19H2,1-4H3,(H,34,41). The van der Waals surface area contributed by atoms with Gasteiger partial charge in [0.2, 0.25) is 5.88 Å². The van der Waals surface area contributed by atoms with Crippen molar-refractivity contribution in [2.75, 3.05) is 38.5 Å². The third-order valence-electron chi connectivity index (χ3n) is 7.46. The number of piperazine rings is 1. The van der Waals surface area contributed by atoms with Gasteiger partial charge < -0.3 is 15.0 Å². The second kappa shape index (κ2) is 11.7. The van der Waals surface area contributed by atoms with Gasteiger partial charge in [0.15, 0.2) is 11.5 Å². The highest BCUT2D eigenvalue weighted by Crippen LogP contribution is 2.31.